The van der Waals surface area contributed by atoms with Crippen LogP contribution in [-0.4, -0.2) is 39.6 Å². The van der Waals surface area contributed by atoms with Crippen LogP contribution in [0, 0.1) is 0 Å². The first-order chi connectivity index (χ1) is 12.2. The van der Waals surface area contributed by atoms with Gasteiger partial charge in [-0.25, -0.2) is 0 Å². The minimum absolute atomic E-state index is 0.692. The van der Waals surface area contributed by atoms with Crippen LogP contribution in [-0.2, 0) is 28.4 Å². The smallest absolute Gasteiger partial charge is 0.127 e. The predicted molar refractivity (Wildman–Crippen MR) is 99.7 cm³/mol. The molecule has 0 atom stereocenters. The molecule has 0 amide bonds. The first-order valence-corrected chi connectivity index (χ1v) is 8.92. The molecule has 3 aliphatic heterocycles. The van der Waals surface area contributed by atoms with E-state index in [1.807, 2.05) is 48.5 Å². The summed E-state index contributed by atoms with van der Waals surface area (Å²) in [6, 6.07) is 0. The third-order valence-electron chi connectivity index (χ3n) is 2.34. The van der Waals surface area contributed by atoms with E-state index in [2.05, 4.69) is 0 Å². The zero-order valence-corrected chi connectivity index (χ0v) is 16.9. The van der Waals surface area contributed by atoms with Crippen LogP contribution < -0.4 is 0 Å². The van der Waals surface area contributed by atoms with E-state index in [9.17, 15) is 0 Å². The molecular weight excluding hydrogens is 324 g/mol. The van der Waals surface area contributed by atoms with E-state index in [-0.39, 0.29) is 0 Å². The average Bonchev–Trinajstić information content (AvgIpc) is 2.68. The highest BCUT2D eigenvalue weighted by Crippen LogP contribution is 2.01. The lowest BCUT2D eigenvalue weighted by Gasteiger charge is -2.10. The van der Waals surface area contributed by atoms with Crippen molar-refractivity contribution >= 4 is 0 Å². The van der Waals surface area contributed by atoms with Crippen LogP contribution in [0.5, 0.6) is 0 Å². The molecule has 6 nitrogen and oxygen atoms in total. The Labute approximate surface area is 153 Å². The van der Waals surface area contributed by atoms with Crippen molar-refractivity contribution < 1.29 is 28.4 Å². The van der Waals surface area contributed by atoms with E-state index in [1.54, 1.807) is 18.8 Å². The predicted octanol–water partition coefficient (Wildman–Crippen LogP) is 4.74. The summed E-state index contributed by atoms with van der Waals surface area (Å²) in [6.07, 6.45) is 4.89. The fraction of sp³-hybridized carbons (Fsp3) is 0.684. The normalized spacial score (nSPS) is 16.7. The van der Waals surface area contributed by atoms with Gasteiger partial charge in [0.2, 0.25) is 0 Å². The first-order valence-electron chi connectivity index (χ1n) is 8.92. The quantitative estimate of drug-likeness (QED) is 0.622. The second kappa shape index (κ2) is 20.1. The highest BCUT2D eigenvalue weighted by atomic mass is 16.6. The Morgan fingerprint density at radius 1 is 0.480 bits per heavy atom. The van der Waals surface area contributed by atoms with Gasteiger partial charge >= 0.3 is 0 Å². The summed E-state index contributed by atoms with van der Waals surface area (Å²) in [4.78, 5) is 0. The Bertz CT molecular complexity index is 317. The van der Waals surface area contributed by atoms with Gasteiger partial charge in [0, 0.05) is 0 Å². The van der Waals surface area contributed by atoms with Crippen LogP contribution in [0.2, 0.25) is 0 Å². The molecule has 0 aromatic heterocycles. The average molecular weight is 360 g/mol. The van der Waals surface area contributed by atoms with Gasteiger partial charge in [0.25, 0.3) is 0 Å². The SMILES string of the molecule is CC.CC.CC1=COCCO1.CC1=COCCO1.CC1=COCCO1. The van der Waals surface area contributed by atoms with Crippen molar-refractivity contribution in [2.24, 2.45) is 0 Å². The molecule has 0 aliphatic carbocycles. The van der Waals surface area contributed by atoms with Crippen molar-refractivity contribution in [3.8, 4) is 0 Å². The van der Waals surface area contributed by atoms with Crippen LogP contribution in [0.3, 0.4) is 0 Å². The molecule has 0 aromatic carbocycles. The van der Waals surface area contributed by atoms with Gasteiger partial charge in [0.1, 0.15) is 75.7 Å². The standard InChI is InChI=1S/3C5H8O2.2C2H6/c3*1-5-4-6-2-3-7-5;2*1-2/h3*4H,2-3H2,1H3;2*1-2H3. The Balaban J connectivity index is 0. The van der Waals surface area contributed by atoms with Crippen molar-refractivity contribution in [2.75, 3.05) is 39.6 Å². The van der Waals surface area contributed by atoms with Crippen LogP contribution in [0.15, 0.2) is 36.1 Å². The van der Waals surface area contributed by atoms with Crippen molar-refractivity contribution in [1.82, 2.24) is 0 Å². The largest absolute Gasteiger partial charge is 0.494 e. The minimum Gasteiger partial charge on any atom is -0.494 e. The number of hydrogen-bond donors (Lipinski definition) is 0. The Morgan fingerprint density at radius 3 is 0.800 bits per heavy atom. The minimum atomic E-state index is 0.692. The molecule has 0 N–H and O–H groups in total. The zero-order chi connectivity index (χ0) is 19.3. The van der Waals surface area contributed by atoms with Crippen LogP contribution >= 0.6 is 0 Å². The summed E-state index contributed by atoms with van der Waals surface area (Å²) < 4.78 is 29.7. The van der Waals surface area contributed by atoms with E-state index in [1.165, 1.54) is 0 Å². The van der Waals surface area contributed by atoms with Gasteiger partial charge in [0.05, 0.1) is 0 Å². The molecule has 6 heteroatoms. The fourth-order valence-corrected chi connectivity index (χ4v) is 1.38. The monoisotopic (exact) mass is 360 g/mol. The lowest BCUT2D eigenvalue weighted by molar-refractivity contribution is 0.0857. The number of ether oxygens (including phenoxy) is 6. The van der Waals surface area contributed by atoms with E-state index in [0.717, 1.165) is 17.3 Å². The second-order valence-electron chi connectivity index (χ2n) is 4.34. The molecule has 148 valence electrons. The number of rotatable bonds is 0. The molecular formula is C19H36O6. The molecule has 25 heavy (non-hydrogen) atoms. The molecule has 3 heterocycles. The summed E-state index contributed by atoms with van der Waals surface area (Å²) in [5.74, 6) is 2.60. The highest BCUT2D eigenvalue weighted by molar-refractivity contribution is 4.84. The topological polar surface area (TPSA) is 55.4 Å². The van der Waals surface area contributed by atoms with E-state index < -0.39 is 0 Å². The summed E-state index contributed by atoms with van der Waals surface area (Å²) >= 11 is 0. The Morgan fingerprint density at radius 2 is 0.720 bits per heavy atom. The van der Waals surface area contributed by atoms with Gasteiger partial charge in [-0.05, 0) is 20.8 Å². The first kappa shape index (κ1) is 25.3. The van der Waals surface area contributed by atoms with Gasteiger partial charge in [-0.2, -0.15) is 0 Å². The summed E-state index contributed by atoms with van der Waals surface area (Å²) in [6.45, 7) is 17.8. The maximum absolute atomic E-state index is 5.01. The molecule has 3 aliphatic rings. The lowest BCUT2D eigenvalue weighted by atomic mass is 10.6. The van der Waals surface area contributed by atoms with E-state index in [4.69, 9.17) is 28.4 Å². The summed E-state index contributed by atoms with van der Waals surface area (Å²) in [7, 11) is 0. The van der Waals surface area contributed by atoms with Crippen LogP contribution in [0.4, 0.5) is 0 Å². The molecule has 0 unspecified atom stereocenters. The van der Waals surface area contributed by atoms with Crippen molar-refractivity contribution in [1.29, 1.82) is 0 Å². The lowest BCUT2D eigenvalue weighted by Crippen LogP contribution is -2.05. The molecule has 0 bridgehead atoms. The molecule has 0 saturated carbocycles. The molecule has 0 saturated heterocycles. The highest BCUT2D eigenvalue weighted by Gasteiger charge is 1.96. The molecule has 0 aromatic rings. The summed E-state index contributed by atoms with van der Waals surface area (Å²) in [5, 5.41) is 0. The maximum atomic E-state index is 5.01. The van der Waals surface area contributed by atoms with Crippen LogP contribution in [0.1, 0.15) is 48.5 Å². The third-order valence-corrected chi connectivity index (χ3v) is 2.34. The molecule has 0 spiro atoms. The third kappa shape index (κ3) is 18.2. The van der Waals surface area contributed by atoms with Crippen molar-refractivity contribution in [3.63, 3.8) is 0 Å². The van der Waals surface area contributed by atoms with E-state index >= 15 is 0 Å². The number of hydrogen-bond acceptors (Lipinski definition) is 6. The van der Waals surface area contributed by atoms with Gasteiger partial charge in [-0.1, -0.05) is 27.7 Å². The molecule has 0 fully saturated rings. The summed E-state index contributed by atoms with van der Waals surface area (Å²) in [5.41, 5.74) is 0. The Hall–Kier alpha value is -1.98. The zero-order valence-electron chi connectivity index (χ0n) is 16.9. The van der Waals surface area contributed by atoms with Gasteiger partial charge in [-0.15, -0.1) is 0 Å². The maximum Gasteiger partial charge on any atom is 0.127 e. The van der Waals surface area contributed by atoms with Gasteiger partial charge in [-0.3, -0.25) is 0 Å². The fourth-order valence-electron chi connectivity index (χ4n) is 1.38. The van der Waals surface area contributed by atoms with Crippen LogP contribution in [0.25, 0.3) is 0 Å². The molecule has 0 radical (unpaired) electrons. The van der Waals surface area contributed by atoms with Crippen molar-refractivity contribution in [3.05, 3.63) is 36.1 Å². The Kier molecular flexibility index (Phi) is 20.3. The van der Waals surface area contributed by atoms with Crippen molar-refractivity contribution in [2.45, 2.75) is 48.5 Å². The number of allylic oxidation sites excluding steroid dienone is 3. The van der Waals surface area contributed by atoms with Gasteiger partial charge in [0.15, 0.2) is 0 Å². The molecule has 3 rings (SSSR count). The van der Waals surface area contributed by atoms with Gasteiger partial charge < -0.3 is 28.4 Å². The van der Waals surface area contributed by atoms with E-state index in [0.29, 0.717) is 39.6 Å². The second-order valence-corrected chi connectivity index (χ2v) is 4.34.